The molecule has 0 bridgehead atoms. The second-order valence-electron chi connectivity index (χ2n) is 5.31. The molecule has 1 saturated heterocycles. The minimum absolute atomic E-state index is 0.114. The lowest BCUT2D eigenvalue weighted by atomic mass is 10.0. The summed E-state index contributed by atoms with van der Waals surface area (Å²) in [5, 5.41) is 6.49. The van der Waals surface area contributed by atoms with Crippen LogP contribution in [0.25, 0.3) is 0 Å². The highest BCUT2D eigenvalue weighted by Gasteiger charge is 2.23. The zero-order valence-corrected chi connectivity index (χ0v) is 12.2. The number of hydrogen-bond donors (Lipinski definition) is 2. The zero-order valence-electron chi connectivity index (χ0n) is 12.2. The van der Waals surface area contributed by atoms with Crippen molar-refractivity contribution in [2.75, 3.05) is 6.61 Å². The summed E-state index contributed by atoms with van der Waals surface area (Å²) in [6.45, 7) is 9.03. The third-order valence-corrected chi connectivity index (χ3v) is 3.70. The van der Waals surface area contributed by atoms with E-state index in [0.717, 1.165) is 32.3 Å². The van der Waals surface area contributed by atoms with Crippen LogP contribution < -0.4 is 10.6 Å². The molecule has 1 rings (SSSR count). The second-order valence-corrected chi connectivity index (χ2v) is 5.31. The number of hydrogen-bond acceptors (Lipinski definition) is 3. The summed E-state index contributed by atoms with van der Waals surface area (Å²) in [5.74, 6) is 0.114. The molecule has 0 aliphatic carbocycles. The Hall–Kier alpha value is -0.610. The fourth-order valence-corrected chi connectivity index (χ4v) is 2.40. The first-order chi connectivity index (χ1) is 8.56. The molecule has 106 valence electrons. The summed E-state index contributed by atoms with van der Waals surface area (Å²) in [5.41, 5.74) is 0. The number of nitrogens with one attached hydrogen (secondary N) is 2. The first kappa shape index (κ1) is 15.4. The standard InChI is InChI=1S/C14H28N2O2/c1-5-12(6-2)16-14(17)11(4)15-13-7-8-18-10(3)9-13/h10-13,15H,5-9H2,1-4H3,(H,16,17). The predicted octanol–water partition coefficient (Wildman–Crippen LogP) is 1.84. The Balaban J connectivity index is 2.34. The van der Waals surface area contributed by atoms with Gasteiger partial charge in [-0.25, -0.2) is 0 Å². The van der Waals surface area contributed by atoms with E-state index in [4.69, 9.17) is 4.74 Å². The van der Waals surface area contributed by atoms with Crippen LogP contribution in [0.5, 0.6) is 0 Å². The largest absolute Gasteiger partial charge is 0.378 e. The van der Waals surface area contributed by atoms with Gasteiger partial charge in [0.1, 0.15) is 0 Å². The van der Waals surface area contributed by atoms with E-state index < -0.39 is 0 Å². The zero-order chi connectivity index (χ0) is 13.5. The third-order valence-electron chi connectivity index (χ3n) is 3.70. The molecule has 0 radical (unpaired) electrons. The molecule has 1 heterocycles. The lowest BCUT2D eigenvalue weighted by Gasteiger charge is -2.30. The topological polar surface area (TPSA) is 50.4 Å². The van der Waals surface area contributed by atoms with Gasteiger partial charge in [-0.05, 0) is 39.5 Å². The second kappa shape index (κ2) is 7.74. The van der Waals surface area contributed by atoms with E-state index in [-0.39, 0.29) is 11.9 Å². The van der Waals surface area contributed by atoms with E-state index in [2.05, 4.69) is 31.4 Å². The van der Waals surface area contributed by atoms with Crippen molar-refractivity contribution in [1.82, 2.24) is 10.6 Å². The fraction of sp³-hybridized carbons (Fsp3) is 0.929. The highest BCUT2D eigenvalue weighted by molar-refractivity contribution is 5.81. The molecule has 0 aromatic carbocycles. The Morgan fingerprint density at radius 1 is 1.39 bits per heavy atom. The molecule has 0 spiro atoms. The average molecular weight is 256 g/mol. The van der Waals surface area contributed by atoms with Crippen molar-refractivity contribution < 1.29 is 9.53 Å². The molecule has 4 heteroatoms. The van der Waals surface area contributed by atoms with Gasteiger partial charge in [0.2, 0.25) is 5.91 Å². The molecule has 18 heavy (non-hydrogen) atoms. The van der Waals surface area contributed by atoms with E-state index >= 15 is 0 Å². The van der Waals surface area contributed by atoms with Crippen molar-refractivity contribution in [1.29, 1.82) is 0 Å². The van der Waals surface area contributed by atoms with Gasteiger partial charge in [-0.2, -0.15) is 0 Å². The van der Waals surface area contributed by atoms with E-state index in [1.807, 2.05) is 6.92 Å². The van der Waals surface area contributed by atoms with Crippen LogP contribution in [-0.2, 0) is 9.53 Å². The molecular formula is C14H28N2O2. The van der Waals surface area contributed by atoms with Crippen LogP contribution in [0.15, 0.2) is 0 Å². The van der Waals surface area contributed by atoms with Gasteiger partial charge in [-0.1, -0.05) is 13.8 Å². The molecule has 1 fully saturated rings. The SMILES string of the molecule is CCC(CC)NC(=O)C(C)NC1CCOC(C)C1. The van der Waals surface area contributed by atoms with E-state index in [9.17, 15) is 4.79 Å². The molecule has 2 N–H and O–H groups in total. The first-order valence-corrected chi connectivity index (χ1v) is 7.24. The van der Waals surface area contributed by atoms with Crippen LogP contribution in [0.1, 0.15) is 53.4 Å². The van der Waals surface area contributed by atoms with Crippen LogP contribution >= 0.6 is 0 Å². The van der Waals surface area contributed by atoms with Crippen LogP contribution in [0.4, 0.5) is 0 Å². The van der Waals surface area contributed by atoms with Crippen molar-refractivity contribution in [3.05, 3.63) is 0 Å². The van der Waals surface area contributed by atoms with Crippen molar-refractivity contribution in [2.24, 2.45) is 0 Å². The highest BCUT2D eigenvalue weighted by Crippen LogP contribution is 2.13. The number of rotatable bonds is 6. The number of ether oxygens (including phenoxy) is 1. The van der Waals surface area contributed by atoms with Gasteiger partial charge in [-0.15, -0.1) is 0 Å². The van der Waals surface area contributed by atoms with Gasteiger partial charge in [0.05, 0.1) is 12.1 Å². The summed E-state index contributed by atoms with van der Waals surface area (Å²) >= 11 is 0. The number of amides is 1. The Kier molecular flexibility index (Phi) is 6.65. The highest BCUT2D eigenvalue weighted by atomic mass is 16.5. The molecule has 3 atom stereocenters. The number of carbonyl (C=O) groups excluding carboxylic acids is 1. The quantitative estimate of drug-likeness (QED) is 0.762. The lowest BCUT2D eigenvalue weighted by Crippen LogP contribution is -2.51. The van der Waals surface area contributed by atoms with Gasteiger partial charge < -0.3 is 15.4 Å². The Bertz CT molecular complexity index is 254. The maximum Gasteiger partial charge on any atom is 0.237 e. The molecule has 0 saturated carbocycles. The molecule has 1 amide bonds. The summed E-state index contributed by atoms with van der Waals surface area (Å²) in [6, 6.07) is 0.576. The summed E-state index contributed by atoms with van der Waals surface area (Å²) in [4.78, 5) is 12.0. The van der Waals surface area contributed by atoms with Crippen molar-refractivity contribution in [3.63, 3.8) is 0 Å². The monoisotopic (exact) mass is 256 g/mol. The molecular weight excluding hydrogens is 228 g/mol. The van der Waals surface area contributed by atoms with Crippen molar-refractivity contribution >= 4 is 5.91 Å². The summed E-state index contributed by atoms with van der Waals surface area (Å²) in [6.07, 6.45) is 4.26. The van der Waals surface area contributed by atoms with E-state index in [1.165, 1.54) is 0 Å². The molecule has 4 nitrogen and oxygen atoms in total. The number of carbonyl (C=O) groups is 1. The van der Waals surface area contributed by atoms with Gasteiger partial charge in [0.25, 0.3) is 0 Å². The minimum atomic E-state index is -0.124. The van der Waals surface area contributed by atoms with E-state index in [0.29, 0.717) is 18.2 Å². The molecule has 3 unspecified atom stereocenters. The van der Waals surface area contributed by atoms with Crippen LogP contribution in [0, 0.1) is 0 Å². The van der Waals surface area contributed by atoms with Gasteiger partial charge in [0, 0.05) is 18.7 Å². The average Bonchev–Trinajstić information content (AvgIpc) is 2.35. The van der Waals surface area contributed by atoms with Gasteiger partial charge in [-0.3, -0.25) is 4.79 Å². The van der Waals surface area contributed by atoms with Crippen LogP contribution in [0.3, 0.4) is 0 Å². The van der Waals surface area contributed by atoms with Gasteiger partial charge in [0.15, 0.2) is 0 Å². The maximum atomic E-state index is 12.0. The maximum absolute atomic E-state index is 12.0. The normalized spacial score (nSPS) is 26.1. The van der Waals surface area contributed by atoms with Crippen LogP contribution in [0.2, 0.25) is 0 Å². The van der Waals surface area contributed by atoms with Crippen molar-refractivity contribution in [3.8, 4) is 0 Å². The third kappa shape index (κ3) is 4.94. The van der Waals surface area contributed by atoms with Crippen LogP contribution in [-0.4, -0.2) is 36.7 Å². The molecule has 1 aliphatic heterocycles. The Labute approximate surface area is 111 Å². The van der Waals surface area contributed by atoms with E-state index in [1.54, 1.807) is 0 Å². The molecule has 0 aromatic heterocycles. The fourth-order valence-electron chi connectivity index (χ4n) is 2.40. The molecule has 0 aromatic rings. The lowest BCUT2D eigenvalue weighted by molar-refractivity contribution is -0.124. The Morgan fingerprint density at radius 2 is 2.06 bits per heavy atom. The first-order valence-electron chi connectivity index (χ1n) is 7.24. The summed E-state index contributed by atoms with van der Waals surface area (Å²) < 4.78 is 5.51. The summed E-state index contributed by atoms with van der Waals surface area (Å²) in [7, 11) is 0. The minimum Gasteiger partial charge on any atom is -0.378 e. The molecule has 1 aliphatic rings. The smallest absolute Gasteiger partial charge is 0.237 e. The van der Waals surface area contributed by atoms with Gasteiger partial charge >= 0.3 is 0 Å². The van der Waals surface area contributed by atoms with Crippen molar-refractivity contribution in [2.45, 2.75) is 77.6 Å². The Morgan fingerprint density at radius 3 is 2.61 bits per heavy atom. The predicted molar refractivity (Wildman–Crippen MR) is 73.5 cm³/mol.